The van der Waals surface area contributed by atoms with Crippen LogP contribution >= 0.6 is 11.8 Å². The number of methoxy groups -OCH3 is 1. The van der Waals surface area contributed by atoms with Crippen molar-refractivity contribution in [2.24, 2.45) is 16.1 Å². The summed E-state index contributed by atoms with van der Waals surface area (Å²) in [5.74, 6) is -4.55. The summed E-state index contributed by atoms with van der Waals surface area (Å²) in [5.41, 5.74) is 2.46. The summed E-state index contributed by atoms with van der Waals surface area (Å²) >= 11 is 1.15. The van der Waals surface area contributed by atoms with Gasteiger partial charge in [0.1, 0.15) is 22.8 Å². The molecule has 14 nitrogen and oxygen atoms in total. The summed E-state index contributed by atoms with van der Waals surface area (Å²) in [5, 5.41) is 13.0. The van der Waals surface area contributed by atoms with Gasteiger partial charge in [-0.25, -0.2) is 0 Å². The van der Waals surface area contributed by atoms with Crippen molar-refractivity contribution in [3.63, 3.8) is 0 Å². The summed E-state index contributed by atoms with van der Waals surface area (Å²) in [6, 6.07) is 34.1. The zero-order chi connectivity index (χ0) is 42.5. The molecular formula is C44H46N4O10S. The molecule has 0 unspecified atom stereocenters. The van der Waals surface area contributed by atoms with Gasteiger partial charge in [0.2, 0.25) is 5.91 Å². The highest BCUT2D eigenvalue weighted by Gasteiger charge is 2.63. The minimum absolute atomic E-state index is 0.184. The number of benzene rings is 4. The van der Waals surface area contributed by atoms with Gasteiger partial charge in [0, 0.05) is 47.0 Å². The van der Waals surface area contributed by atoms with Crippen LogP contribution in [0.2, 0.25) is 0 Å². The number of amides is 1. The first-order valence-electron chi connectivity index (χ1n) is 18.6. The van der Waals surface area contributed by atoms with Gasteiger partial charge in [-0.05, 0) is 47.5 Å². The second-order valence-corrected chi connectivity index (χ2v) is 14.8. The van der Waals surface area contributed by atoms with E-state index in [4.69, 9.17) is 28.8 Å². The Kier molecular flexibility index (Phi) is 15.0. The van der Waals surface area contributed by atoms with Gasteiger partial charge in [-0.15, -0.1) is 0 Å². The zero-order valence-electron chi connectivity index (χ0n) is 33.5. The van der Waals surface area contributed by atoms with E-state index in [1.165, 1.54) is 7.11 Å². The number of carbonyl (C=O) groups excluding carboxylic acids is 5. The first kappa shape index (κ1) is 43.6. The molecule has 0 aliphatic carbocycles. The van der Waals surface area contributed by atoms with E-state index in [2.05, 4.69) is 10.4 Å². The van der Waals surface area contributed by atoms with Gasteiger partial charge in [-0.2, -0.15) is 10.2 Å². The molecule has 1 heterocycles. The molecule has 0 spiro atoms. The molecule has 308 valence electrons. The van der Waals surface area contributed by atoms with Crippen LogP contribution < -0.4 is 10.1 Å². The second-order valence-electron chi connectivity index (χ2n) is 13.5. The number of hydrogen-bond donors (Lipinski definition) is 1. The Hall–Kier alpha value is -6.48. The number of anilines is 1. The van der Waals surface area contributed by atoms with E-state index in [1.807, 2.05) is 48.3 Å². The second kappa shape index (κ2) is 20.3. The van der Waals surface area contributed by atoms with Crippen LogP contribution in [0.4, 0.5) is 11.4 Å². The Morgan fingerprint density at radius 1 is 0.729 bits per heavy atom. The summed E-state index contributed by atoms with van der Waals surface area (Å²) in [6.07, 6.45) is -4.83. The normalized spacial score (nSPS) is 17.6. The Labute approximate surface area is 346 Å². The maximum atomic E-state index is 15.6. The van der Waals surface area contributed by atoms with Crippen LogP contribution in [-0.4, -0.2) is 73.8 Å². The fourth-order valence-corrected chi connectivity index (χ4v) is 8.28. The van der Waals surface area contributed by atoms with Gasteiger partial charge in [0.15, 0.2) is 18.3 Å². The first-order valence-corrected chi connectivity index (χ1v) is 19.4. The third kappa shape index (κ3) is 11.1. The molecule has 0 aromatic heterocycles. The summed E-state index contributed by atoms with van der Waals surface area (Å²) in [7, 11) is 3.36. The molecule has 1 amide bonds. The smallest absolute Gasteiger partial charge is 0.303 e. The van der Waals surface area contributed by atoms with Gasteiger partial charge < -0.3 is 33.9 Å². The van der Waals surface area contributed by atoms with Crippen molar-refractivity contribution in [1.82, 2.24) is 4.90 Å². The lowest BCUT2D eigenvalue weighted by Crippen LogP contribution is -2.56. The highest BCUT2D eigenvalue weighted by atomic mass is 32.2. The highest BCUT2D eigenvalue weighted by molar-refractivity contribution is 8.04. The van der Waals surface area contributed by atoms with Crippen LogP contribution in [0.15, 0.2) is 136 Å². The zero-order valence-corrected chi connectivity index (χ0v) is 34.3. The fourth-order valence-electron chi connectivity index (χ4n) is 6.71. The number of nitrogens with zero attached hydrogens (tertiary/aromatic N) is 3. The molecule has 0 radical (unpaired) electrons. The number of carbonyl (C=O) groups is 5. The Morgan fingerprint density at radius 3 is 1.86 bits per heavy atom. The van der Waals surface area contributed by atoms with E-state index >= 15 is 4.79 Å². The Balaban J connectivity index is 1.87. The third-order valence-corrected chi connectivity index (χ3v) is 10.8. The molecule has 5 rings (SSSR count). The number of ether oxygens (including phenoxy) is 5. The lowest BCUT2D eigenvalue weighted by molar-refractivity contribution is -0.193. The van der Waals surface area contributed by atoms with Crippen LogP contribution in [0.25, 0.3) is 0 Å². The summed E-state index contributed by atoms with van der Waals surface area (Å²) in [4.78, 5) is 68.7. The van der Waals surface area contributed by atoms with Gasteiger partial charge in [-0.3, -0.25) is 24.0 Å². The number of thioether (sulfide) groups is 1. The molecule has 1 aliphatic rings. The molecule has 4 aromatic carbocycles. The molecule has 59 heavy (non-hydrogen) atoms. The van der Waals surface area contributed by atoms with Crippen molar-refractivity contribution in [1.29, 1.82) is 0 Å². The Morgan fingerprint density at radius 2 is 1.31 bits per heavy atom. The number of esters is 4. The van der Waals surface area contributed by atoms with Crippen molar-refractivity contribution in [2.75, 3.05) is 26.1 Å². The number of azo groups is 1. The number of rotatable bonds is 17. The predicted molar refractivity (Wildman–Crippen MR) is 220 cm³/mol. The maximum Gasteiger partial charge on any atom is 0.303 e. The molecule has 0 fully saturated rings. The van der Waals surface area contributed by atoms with Crippen molar-refractivity contribution in [3.8, 4) is 5.75 Å². The molecule has 5 atom stereocenters. The largest absolute Gasteiger partial charge is 0.497 e. The average Bonchev–Trinajstić information content (AvgIpc) is 3.57. The molecule has 0 saturated carbocycles. The lowest BCUT2D eigenvalue weighted by atomic mass is 9.76. The van der Waals surface area contributed by atoms with Crippen LogP contribution in [0, 0.1) is 5.92 Å². The standard InChI is InChI=1S/C44H46N4O10S/c1-28(49)55-27-37(56-29(2)50)40(57-30(3)51)41(58-31(4)52)38-39(47-46-35-20-14-9-15-21-35)42(48(5)26-32-16-10-7-11-17-32)59-44(38,33-18-12-8-13-19-33)43(53)45-34-22-24-36(54-6)25-23-34/h7-25,37-38,40-41H,26-27H2,1-6H3,(H,45,53)/t37-,38-,40-,41-,44+/m1/s1. The van der Waals surface area contributed by atoms with Crippen LogP contribution in [-0.2, 0) is 54.2 Å². The molecule has 15 heteroatoms. The SMILES string of the molecule is COc1ccc(NC(=O)[C@@]2(c3ccccc3)SC(N(C)Cc3ccccc3)=C(N=Nc3ccccc3)[C@@H]2[C@@H](OC(C)=O)[C@H](OC(C)=O)[C@@H](COC(C)=O)OC(C)=O)cc1. The van der Waals surface area contributed by atoms with E-state index < -0.39 is 65.4 Å². The minimum Gasteiger partial charge on any atom is -0.497 e. The van der Waals surface area contributed by atoms with Crippen molar-refractivity contribution < 1.29 is 47.7 Å². The van der Waals surface area contributed by atoms with E-state index in [-0.39, 0.29) is 5.70 Å². The van der Waals surface area contributed by atoms with Crippen molar-refractivity contribution in [3.05, 3.63) is 137 Å². The summed E-state index contributed by atoms with van der Waals surface area (Å²) in [6.45, 7) is 4.33. The van der Waals surface area contributed by atoms with E-state index in [0.717, 1.165) is 45.0 Å². The van der Waals surface area contributed by atoms with E-state index in [1.54, 1.807) is 78.9 Å². The van der Waals surface area contributed by atoms with E-state index in [9.17, 15) is 19.2 Å². The number of nitrogens with one attached hydrogen (secondary N) is 1. The average molecular weight is 823 g/mol. The van der Waals surface area contributed by atoms with Gasteiger partial charge >= 0.3 is 23.9 Å². The fraction of sp³-hybridized carbons (Fsp3) is 0.295. The maximum absolute atomic E-state index is 15.6. The third-order valence-electron chi connectivity index (χ3n) is 9.13. The first-order chi connectivity index (χ1) is 28.3. The topological polar surface area (TPSA) is 171 Å². The summed E-state index contributed by atoms with van der Waals surface area (Å²) < 4.78 is 26.7. The molecule has 1 aliphatic heterocycles. The monoisotopic (exact) mass is 822 g/mol. The molecule has 0 saturated heterocycles. The molecule has 0 bridgehead atoms. The molecular weight excluding hydrogens is 777 g/mol. The number of hydrogen-bond acceptors (Lipinski definition) is 14. The van der Waals surface area contributed by atoms with Crippen LogP contribution in [0.5, 0.6) is 5.75 Å². The van der Waals surface area contributed by atoms with Crippen molar-refractivity contribution >= 4 is 52.9 Å². The minimum atomic E-state index is -1.78. The van der Waals surface area contributed by atoms with Gasteiger partial charge in [0.25, 0.3) is 0 Å². The van der Waals surface area contributed by atoms with Gasteiger partial charge in [-0.1, -0.05) is 90.6 Å². The quantitative estimate of drug-likeness (QED) is 0.0640. The van der Waals surface area contributed by atoms with E-state index in [0.29, 0.717) is 34.3 Å². The van der Waals surface area contributed by atoms with Crippen molar-refractivity contribution in [2.45, 2.75) is 57.3 Å². The Bertz CT molecular complexity index is 2150. The molecule has 1 N–H and O–H groups in total. The lowest BCUT2D eigenvalue weighted by Gasteiger charge is -2.41. The highest BCUT2D eigenvalue weighted by Crippen LogP contribution is 2.60. The van der Waals surface area contributed by atoms with Crippen LogP contribution in [0.1, 0.15) is 38.8 Å². The van der Waals surface area contributed by atoms with Gasteiger partial charge in [0.05, 0.1) is 23.7 Å². The molecule has 4 aromatic rings. The van der Waals surface area contributed by atoms with Crippen LogP contribution in [0.3, 0.4) is 0 Å². The predicted octanol–water partition coefficient (Wildman–Crippen LogP) is 7.34.